The van der Waals surface area contributed by atoms with Crippen LogP contribution in [-0.2, 0) is 9.59 Å². The molecule has 0 saturated heterocycles. The first-order valence-electron chi connectivity index (χ1n) is 9.99. The van der Waals surface area contributed by atoms with E-state index in [9.17, 15) is 14.4 Å². The summed E-state index contributed by atoms with van der Waals surface area (Å²) >= 11 is 0. The standard InChI is InChI=1S/C25H26O6/c1-24(2,3)22(27)30-18-13-12-16-17(26)14-19(15-10-8-7-9-11-15)29-20(16)21(18)31-23(28)25(4,5)6/h7-14H,1-6H3. The Morgan fingerprint density at radius 2 is 1.39 bits per heavy atom. The molecule has 0 unspecified atom stereocenters. The number of hydrogen-bond donors (Lipinski definition) is 0. The Bertz CT molecular complexity index is 1190. The third-order valence-corrected chi connectivity index (χ3v) is 4.50. The lowest BCUT2D eigenvalue weighted by Gasteiger charge is -2.21. The van der Waals surface area contributed by atoms with Gasteiger partial charge in [0.05, 0.1) is 16.2 Å². The van der Waals surface area contributed by atoms with Crippen LogP contribution in [0, 0.1) is 10.8 Å². The molecule has 0 aliphatic heterocycles. The third-order valence-electron chi connectivity index (χ3n) is 4.50. The zero-order chi connectivity index (χ0) is 23.0. The Morgan fingerprint density at radius 3 is 1.97 bits per heavy atom. The average Bonchev–Trinajstić information content (AvgIpc) is 2.68. The van der Waals surface area contributed by atoms with Crippen molar-refractivity contribution in [3.63, 3.8) is 0 Å². The molecule has 0 fully saturated rings. The molecule has 0 bridgehead atoms. The second kappa shape index (κ2) is 8.02. The average molecular weight is 422 g/mol. The molecule has 6 heteroatoms. The number of carbonyl (C=O) groups excluding carboxylic acids is 2. The lowest BCUT2D eigenvalue weighted by Crippen LogP contribution is -2.28. The second-order valence-electron chi connectivity index (χ2n) is 9.39. The van der Waals surface area contributed by atoms with Gasteiger partial charge in [-0.15, -0.1) is 0 Å². The predicted octanol–water partition coefficient (Wildman–Crippen LogP) is 5.36. The van der Waals surface area contributed by atoms with E-state index in [-0.39, 0.29) is 27.9 Å². The van der Waals surface area contributed by atoms with Crippen LogP contribution in [0.1, 0.15) is 41.5 Å². The van der Waals surface area contributed by atoms with Crippen molar-refractivity contribution in [2.75, 3.05) is 0 Å². The Kier molecular flexibility index (Phi) is 5.77. The van der Waals surface area contributed by atoms with Crippen molar-refractivity contribution in [1.82, 2.24) is 0 Å². The van der Waals surface area contributed by atoms with Crippen molar-refractivity contribution < 1.29 is 23.5 Å². The fourth-order valence-electron chi connectivity index (χ4n) is 2.60. The van der Waals surface area contributed by atoms with Crippen LogP contribution >= 0.6 is 0 Å². The molecule has 0 saturated carbocycles. The van der Waals surface area contributed by atoms with E-state index in [4.69, 9.17) is 13.9 Å². The smallest absolute Gasteiger partial charge is 0.316 e. The van der Waals surface area contributed by atoms with Crippen molar-refractivity contribution in [3.8, 4) is 22.8 Å². The molecule has 31 heavy (non-hydrogen) atoms. The Balaban J connectivity index is 2.25. The van der Waals surface area contributed by atoms with E-state index in [2.05, 4.69) is 0 Å². The van der Waals surface area contributed by atoms with E-state index < -0.39 is 22.8 Å². The van der Waals surface area contributed by atoms with E-state index >= 15 is 0 Å². The minimum atomic E-state index is -0.829. The maximum atomic E-state index is 12.8. The molecule has 3 aromatic rings. The number of fused-ring (bicyclic) bond motifs is 1. The van der Waals surface area contributed by atoms with Gasteiger partial charge in [0.2, 0.25) is 5.75 Å². The molecule has 2 aromatic carbocycles. The topological polar surface area (TPSA) is 82.8 Å². The highest BCUT2D eigenvalue weighted by molar-refractivity contribution is 5.91. The van der Waals surface area contributed by atoms with Crippen molar-refractivity contribution in [1.29, 1.82) is 0 Å². The summed E-state index contributed by atoms with van der Waals surface area (Å²) in [7, 11) is 0. The van der Waals surface area contributed by atoms with Gasteiger partial charge in [-0.25, -0.2) is 0 Å². The van der Waals surface area contributed by atoms with Gasteiger partial charge < -0.3 is 13.9 Å². The van der Waals surface area contributed by atoms with Gasteiger partial charge in [-0.2, -0.15) is 0 Å². The number of esters is 2. The molecular weight excluding hydrogens is 396 g/mol. The fraction of sp³-hybridized carbons (Fsp3) is 0.320. The van der Waals surface area contributed by atoms with Gasteiger partial charge in [0.1, 0.15) is 5.76 Å². The molecule has 162 valence electrons. The van der Waals surface area contributed by atoms with Crippen LogP contribution in [0.25, 0.3) is 22.3 Å². The minimum absolute atomic E-state index is 0.0124. The maximum Gasteiger partial charge on any atom is 0.316 e. The molecule has 1 aromatic heterocycles. The van der Waals surface area contributed by atoms with Crippen LogP contribution < -0.4 is 14.9 Å². The number of rotatable bonds is 3. The number of ether oxygens (including phenoxy) is 2. The molecule has 0 spiro atoms. The molecule has 1 heterocycles. The lowest BCUT2D eigenvalue weighted by atomic mass is 9.97. The molecule has 0 aliphatic carbocycles. The largest absolute Gasteiger partial charge is 0.452 e. The zero-order valence-electron chi connectivity index (χ0n) is 18.6. The summed E-state index contributed by atoms with van der Waals surface area (Å²) in [4.78, 5) is 38.0. The van der Waals surface area contributed by atoms with Crippen LogP contribution in [0.15, 0.2) is 57.7 Å². The molecule has 0 N–H and O–H groups in total. The summed E-state index contributed by atoms with van der Waals surface area (Å²) in [6.07, 6.45) is 0. The van der Waals surface area contributed by atoms with Gasteiger partial charge in [-0.3, -0.25) is 14.4 Å². The summed E-state index contributed by atoms with van der Waals surface area (Å²) in [6, 6.07) is 13.4. The van der Waals surface area contributed by atoms with Crippen LogP contribution in [0.4, 0.5) is 0 Å². The maximum absolute atomic E-state index is 12.8. The van der Waals surface area contributed by atoms with Gasteiger partial charge in [0.15, 0.2) is 16.8 Å². The first kappa shape index (κ1) is 22.3. The number of carbonyl (C=O) groups is 2. The van der Waals surface area contributed by atoms with Crippen molar-refractivity contribution in [3.05, 3.63) is 58.8 Å². The van der Waals surface area contributed by atoms with Crippen LogP contribution in [0.5, 0.6) is 11.5 Å². The van der Waals surface area contributed by atoms with E-state index in [1.165, 1.54) is 18.2 Å². The normalized spacial score (nSPS) is 11.9. The number of benzene rings is 2. The fourth-order valence-corrected chi connectivity index (χ4v) is 2.60. The molecular formula is C25H26O6. The van der Waals surface area contributed by atoms with Crippen LogP contribution in [0.2, 0.25) is 0 Å². The van der Waals surface area contributed by atoms with E-state index in [0.717, 1.165) is 0 Å². The monoisotopic (exact) mass is 422 g/mol. The zero-order valence-corrected chi connectivity index (χ0v) is 18.6. The molecule has 0 amide bonds. The van der Waals surface area contributed by atoms with Gasteiger partial charge >= 0.3 is 11.9 Å². The summed E-state index contributed by atoms with van der Waals surface area (Å²) < 4.78 is 17.2. The quantitative estimate of drug-likeness (QED) is 0.417. The predicted molar refractivity (Wildman–Crippen MR) is 118 cm³/mol. The molecule has 3 rings (SSSR count). The first-order valence-corrected chi connectivity index (χ1v) is 9.99. The van der Waals surface area contributed by atoms with Gasteiger partial charge in [-0.1, -0.05) is 30.3 Å². The highest BCUT2D eigenvalue weighted by Gasteiger charge is 2.30. The van der Waals surface area contributed by atoms with Crippen molar-refractivity contribution in [2.24, 2.45) is 10.8 Å². The van der Waals surface area contributed by atoms with Crippen LogP contribution in [-0.4, -0.2) is 11.9 Å². The highest BCUT2D eigenvalue weighted by Crippen LogP contribution is 2.38. The lowest BCUT2D eigenvalue weighted by molar-refractivity contribution is -0.145. The van der Waals surface area contributed by atoms with Crippen molar-refractivity contribution in [2.45, 2.75) is 41.5 Å². The Hall–Kier alpha value is -3.41. The molecule has 0 radical (unpaired) electrons. The Morgan fingerprint density at radius 1 is 0.806 bits per heavy atom. The van der Waals surface area contributed by atoms with Crippen molar-refractivity contribution >= 4 is 22.9 Å². The summed E-state index contributed by atoms with van der Waals surface area (Å²) in [5.74, 6) is -0.837. The van der Waals surface area contributed by atoms with Gasteiger partial charge in [-0.05, 0) is 53.7 Å². The molecule has 0 atom stereocenters. The first-order chi connectivity index (χ1) is 14.4. The number of hydrogen-bond acceptors (Lipinski definition) is 6. The SMILES string of the molecule is CC(C)(C)C(=O)Oc1ccc2c(=O)cc(-c3ccccc3)oc2c1OC(=O)C(C)(C)C. The summed E-state index contributed by atoms with van der Waals surface area (Å²) in [5.41, 5.74) is -1.19. The van der Waals surface area contributed by atoms with E-state index in [1.54, 1.807) is 53.7 Å². The second-order valence-corrected chi connectivity index (χ2v) is 9.39. The highest BCUT2D eigenvalue weighted by atomic mass is 16.6. The third kappa shape index (κ3) is 4.85. The van der Waals surface area contributed by atoms with Gasteiger partial charge in [0, 0.05) is 11.6 Å². The molecule has 0 aliphatic rings. The van der Waals surface area contributed by atoms with Gasteiger partial charge in [0.25, 0.3) is 0 Å². The minimum Gasteiger partial charge on any atom is -0.452 e. The Labute approximate surface area is 180 Å². The van der Waals surface area contributed by atoms with E-state index in [1.807, 2.05) is 18.2 Å². The summed E-state index contributed by atoms with van der Waals surface area (Å²) in [5, 5.41) is 0.215. The van der Waals surface area contributed by atoms with Crippen LogP contribution in [0.3, 0.4) is 0 Å². The summed E-state index contributed by atoms with van der Waals surface area (Å²) in [6.45, 7) is 10.2. The van der Waals surface area contributed by atoms with E-state index in [0.29, 0.717) is 11.3 Å². The molecule has 6 nitrogen and oxygen atoms in total.